The van der Waals surface area contributed by atoms with Gasteiger partial charge in [-0.1, -0.05) is 46.6 Å². The SMILES string of the molecule is Cc1ccc(C)c(C(=O)N(C)Cc2nc(-c3ccccc3Cl)no2)c1. The zero-order chi connectivity index (χ0) is 18.0. The maximum absolute atomic E-state index is 12.7. The largest absolute Gasteiger partial charge is 0.337 e. The number of rotatable bonds is 4. The van der Waals surface area contributed by atoms with E-state index < -0.39 is 0 Å². The van der Waals surface area contributed by atoms with Crippen LogP contribution >= 0.6 is 11.6 Å². The summed E-state index contributed by atoms with van der Waals surface area (Å²) in [5.41, 5.74) is 3.35. The van der Waals surface area contributed by atoms with Gasteiger partial charge in [-0.25, -0.2) is 0 Å². The summed E-state index contributed by atoms with van der Waals surface area (Å²) in [7, 11) is 1.71. The molecule has 0 aliphatic carbocycles. The Morgan fingerprint density at radius 1 is 1.20 bits per heavy atom. The maximum Gasteiger partial charge on any atom is 0.254 e. The molecule has 5 nitrogen and oxygen atoms in total. The molecule has 0 aliphatic heterocycles. The van der Waals surface area contributed by atoms with Crippen LogP contribution in [-0.4, -0.2) is 28.0 Å². The molecule has 0 spiro atoms. The van der Waals surface area contributed by atoms with Crippen molar-refractivity contribution in [1.29, 1.82) is 0 Å². The highest BCUT2D eigenvalue weighted by atomic mass is 35.5. The van der Waals surface area contributed by atoms with Gasteiger partial charge in [-0.2, -0.15) is 4.98 Å². The van der Waals surface area contributed by atoms with E-state index in [0.29, 0.717) is 27.9 Å². The standard InChI is InChI=1S/C19H18ClN3O2/c1-12-8-9-13(2)15(10-12)19(24)23(3)11-17-21-18(22-25-17)14-6-4-5-7-16(14)20/h4-10H,11H2,1-3H3. The van der Waals surface area contributed by atoms with Crippen molar-refractivity contribution in [1.82, 2.24) is 15.0 Å². The lowest BCUT2D eigenvalue weighted by atomic mass is 10.0. The molecule has 3 rings (SSSR count). The van der Waals surface area contributed by atoms with Crippen molar-refractivity contribution in [3.05, 3.63) is 70.1 Å². The van der Waals surface area contributed by atoms with E-state index in [-0.39, 0.29) is 12.5 Å². The lowest BCUT2D eigenvalue weighted by Gasteiger charge is -2.16. The second-order valence-electron chi connectivity index (χ2n) is 5.97. The zero-order valence-electron chi connectivity index (χ0n) is 14.3. The molecule has 0 saturated carbocycles. The number of halogens is 1. The summed E-state index contributed by atoms with van der Waals surface area (Å²) in [5.74, 6) is 0.683. The molecule has 6 heteroatoms. The van der Waals surface area contributed by atoms with Crippen LogP contribution in [-0.2, 0) is 6.54 Å². The van der Waals surface area contributed by atoms with Crippen LogP contribution < -0.4 is 0 Å². The number of amides is 1. The molecule has 0 saturated heterocycles. The van der Waals surface area contributed by atoms with E-state index in [1.54, 1.807) is 18.0 Å². The van der Waals surface area contributed by atoms with Crippen molar-refractivity contribution in [3.63, 3.8) is 0 Å². The molecule has 0 radical (unpaired) electrons. The Morgan fingerprint density at radius 3 is 2.72 bits per heavy atom. The van der Waals surface area contributed by atoms with E-state index in [1.165, 1.54) is 0 Å². The van der Waals surface area contributed by atoms with Gasteiger partial charge in [0.1, 0.15) is 0 Å². The van der Waals surface area contributed by atoms with Crippen molar-refractivity contribution in [2.45, 2.75) is 20.4 Å². The number of hydrogen-bond donors (Lipinski definition) is 0. The first-order valence-corrected chi connectivity index (χ1v) is 8.23. The molecular weight excluding hydrogens is 338 g/mol. The molecule has 2 aromatic carbocycles. The van der Waals surface area contributed by atoms with Gasteiger partial charge in [-0.3, -0.25) is 4.79 Å². The smallest absolute Gasteiger partial charge is 0.254 e. The molecule has 3 aromatic rings. The van der Waals surface area contributed by atoms with E-state index >= 15 is 0 Å². The summed E-state index contributed by atoms with van der Waals surface area (Å²) < 4.78 is 5.27. The lowest BCUT2D eigenvalue weighted by molar-refractivity contribution is 0.0768. The molecule has 0 N–H and O–H groups in total. The lowest BCUT2D eigenvalue weighted by Crippen LogP contribution is -2.27. The van der Waals surface area contributed by atoms with Crippen molar-refractivity contribution in [3.8, 4) is 11.4 Å². The molecule has 128 valence electrons. The van der Waals surface area contributed by atoms with E-state index in [4.69, 9.17) is 16.1 Å². The first-order chi connectivity index (χ1) is 12.0. The van der Waals surface area contributed by atoms with Crippen LogP contribution in [0.3, 0.4) is 0 Å². The number of nitrogens with zero attached hydrogens (tertiary/aromatic N) is 3. The number of benzene rings is 2. The Morgan fingerprint density at radius 2 is 1.96 bits per heavy atom. The normalized spacial score (nSPS) is 10.7. The van der Waals surface area contributed by atoms with E-state index in [9.17, 15) is 4.79 Å². The predicted octanol–water partition coefficient (Wildman–Crippen LogP) is 4.28. The Hall–Kier alpha value is -2.66. The number of hydrogen-bond acceptors (Lipinski definition) is 4. The van der Waals surface area contributed by atoms with Crippen LogP contribution in [0.15, 0.2) is 47.0 Å². The zero-order valence-corrected chi connectivity index (χ0v) is 15.0. The van der Waals surface area contributed by atoms with Crippen LogP contribution in [0.2, 0.25) is 5.02 Å². The third kappa shape index (κ3) is 3.72. The van der Waals surface area contributed by atoms with Gasteiger partial charge in [-0.05, 0) is 37.6 Å². The first kappa shape index (κ1) is 17.2. The molecule has 1 heterocycles. The highest BCUT2D eigenvalue weighted by Crippen LogP contribution is 2.25. The summed E-state index contributed by atoms with van der Waals surface area (Å²) in [6, 6.07) is 13.1. The van der Waals surface area contributed by atoms with Gasteiger partial charge in [0.2, 0.25) is 11.7 Å². The van der Waals surface area contributed by atoms with Gasteiger partial charge >= 0.3 is 0 Å². The van der Waals surface area contributed by atoms with Gasteiger partial charge in [0, 0.05) is 18.2 Å². The van der Waals surface area contributed by atoms with Crippen molar-refractivity contribution < 1.29 is 9.32 Å². The second kappa shape index (κ2) is 7.07. The fourth-order valence-electron chi connectivity index (χ4n) is 2.52. The summed E-state index contributed by atoms with van der Waals surface area (Å²) in [6.07, 6.45) is 0. The predicted molar refractivity (Wildman–Crippen MR) is 96.5 cm³/mol. The summed E-state index contributed by atoms with van der Waals surface area (Å²) in [6.45, 7) is 4.11. The van der Waals surface area contributed by atoms with Crippen LogP contribution in [0.1, 0.15) is 27.4 Å². The molecule has 0 aliphatic rings. The van der Waals surface area contributed by atoms with Gasteiger partial charge < -0.3 is 9.42 Å². The van der Waals surface area contributed by atoms with Crippen molar-refractivity contribution in [2.24, 2.45) is 0 Å². The van der Waals surface area contributed by atoms with E-state index in [2.05, 4.69) is 10.1 Å². The topological polar surface area (TPSA) is 59.2 Å². The molecule has 0 unspecified atom stereocenters. The molecular formula is C19H18ClN3O2. The molecule has 0 bridgehead atoms. The Bertz CT molecular complexity index is 921. The maximum atomic E-state index is 12.7. The third-order valence-corrected chi connectivity index (χ3v) is 4.26. The Kier molecular flexibility index (Phi) is 4.86. The van der Waals surface area contributed by atoms with Crippen LogP contribution in [0.5, 0.6) is 0 Å². The van der Waals surface area contributed by atoms with Crippen LogP contribution in [0.4, 0.5) is 0 Å². The second-order valence-corrected chi connectivity index (χ2v) is 6.38. The highest BCUT2D eigenvalue weighted by Gasteiger charge is 2.18. The minimum Gasteiger partial charge on any atom is -0.337 e. The molecule has 1 aromatic heterocycles. The summed E-state index contributed by atoms with van der Waals surface area (Å²) >= 11 is 6.15. The number of aryl methyl sites for hydroxylation is 2. The van der Waals surface area contributed by atoms with Crippen molar-refractivity contribution >= 4 is 17.5 Å². The number of aromatic nitrogens is 2. The van der Waals surface area contributed by atoms with E-state index in [0.717, 1.165) is 11.1 Å². The molecule has 0 fully saturated rings. The number of carbonyl (C=O) groups is 1. The Labute approximate surface area is 151 Å². The molecule has 1 amide bonds. The van der Waals surface area contributed by atoms with Gasteiger partial charge in [0.25, 0.3) is 5.91 Å². The minimum absolute atomic E-state index is 0.0845. The van der Waals surface area contributed by atoms with Gasteiger partial charge in [0.15, 0.2) is 0 Å². The summed E-state index contributed by atoms with van der Waals surface area (Å²) in [4.78, 5) is 18.6. The average Bonchev–Trinajstić information content (AvgIpc) is 3.05. The summed E-state index contributed by atoms with van der Waals surface area (Å²) in [5, 5.41) is 4.51. The number of carbonyl (C=O) groups excluding carboxylic acids is 1. The fraction of sp³-hybridized carbons (Fsp3) is 0.211. The van der Waals surface area contributed by atoms with Crippen LogP contribution in [0, 0.1) is 13.8 Å². The quantitative estimate of drug-likeness (QED) is 0.700. The molecule has 0 atom stereocenters. The average molecular weight is 356 g/mol. The van der Waals surface area contributed by atoms with Crippen molar-refractivity contribution in [2.75, 3.05) is 7.05 Å². The minimum atomic E-state index is -0.0845. The fourth-order valence-corrected chi connectivity index (χ4v) is 2.74. The Balaban J connectivity index is 1.78. The third-order valence-electron chi connectivity index (χ3n) is 3.93. The van der Waals surface area contributed by atoms with Gasteiger partial charge in [-0.15, -0.1) is 0 Å². The highest BCUT2D eigenvalue weighted by molar-refractivity contribution is 6.33. The van der Waals surface area contributed by atoms with E-state index in [1.807, 2.05) is 50.2 Å². The van der Waals surface area contributed by atoms with Gasteiger partial charge in [0.05, 0.1) is 11.6 Å². The molecule has 25 heavy (non-hydrogen) atoms. The monoisotopic (exact) mass is 355 g/mol. The first-order valence-electron chi connectivity index (χ1n) is 7.86. The van der Waals surface area contributed by atoms with Crippen LogP contribution in [0.25, 0.3) is 11.4 Å².